The molecule has 1 atom stereocenters. The van der Waals surface area contributed by atoms with Crippen LogP contribution < -0.4 is 0 Å². The van der Waals surface area contributed by atoms with Gasteiger partial charge in [0.1, 0.15) is 0 Å². The summed E-state index contributed by atoms with van der Waals surface area (Å²) in [6, 6.07) is 0. The Morgan fingerprint density at radius 3 is 2.53 bits per heavy atom. The molecular formula is C11H23NO3. The molecule has 2 N–H and O–H groups in total. The van der Waals surface area contributed by atoms with Crippen LogP contribution >= 0.6 is 0 Å². The molecule has 0 aliphatic carbocycles. The van der Waals surface area contributed by atoms with E-state index in [1.54, 1.807) is 0 Å². The minimum atomic E-state index is -0.409. The lowest BCUT2D eigenvalue weighted by molar-refractivity contribution is 0.0220. The van der Waals surface area contributed by atoms with E-state index in [9.17, 15) is 10.2 Å². The van der Waals surface area contributed by atoms with E-state index in [-0.39, 0.29) is 13.2 Å². The van der Waals surface area contributed by atoms with E-state index >= 15 is 0 Å². The molecule has 0 aromatic carbocycles. The van der Waals surface area contributed by atoms with Crippen LogP contribution in [-0.2, 0) is 4.74 Å². The van der Waals surface area contributed by atoms with Gasteiger partial charge in [-0.1, -0.05) is 6.92 Å². The highest BCUT2D eigenvalue weighted by molar-refractivity contribution is 4.78. The first-order valence-corrected chi connectivity index (χ1v) is 5.61. The second kappa shape index (κ2) is 5.80. The molecule has 4 heteroatoms. The normalized spacial score (nSPS) is 22.6. The van der Waals surface area contributed by atoms with Gasteiger partial charge in [-0.3, -0.25) is 0 Å². The van der Waals surface area contributed by atoms with E-state index in [1.165, 1.54) is 0 Å². The van der Waals surface area contributed by atoms with Crippen LogP contribution in [0.3, 0.4) is 0 Å². The lowest BCUT2D eigenvalue weighted by Crippen LogP contribution is -2.41. The number of hydrogen-bond acceptors (Lipinski definition) is 4. The maximum Gasteiger partial charge on any atom is 0.0702 e. The molecule has 1 heterocycles. The Balaban J connectivity index is 2.30. The molecule has 0 aromatic heterocycles. The first kappa shape index (κ1) is 12.9. The van der Waals surface area contributed by atoms with Crippen molar-refractivity contribution in [3.8, 4) is 0 Å². The average Bonchev–Trinajstić information content (AvgIpc) is 2.70. The van der Waals surface area contributed by atoms with Crippen LogP contribution in [0.5, 0.6) is 0 Å². The van der Waals surface area contributed by atoms with Crippen molar-refractivity contribution < 1.29 is 14.9 Å². The number of aliphatic hydroxyl groups is 2. The Morgan fingerprint density at radius 1 is 1.40 bits per heavy atom. The number of aliphatic hydroxyl groups excluding tert-OH is 2. The average molecular weight is 217 g/mol. The molecule has 0 aromatic rings. The number of hydrogen-bond donors (Lipinski definition) is 2. The molecule has 4 nitrogen and oxygen atoms in total. The summed E-state index contributed by atoms with van der Waals surface area (Å²) < 4.78 is 5.54. The summed E-state index contributed by atoms with van der Waals surface area (Å²) in [5.74, 6) is 0. The van der Waals surface area contributed by atoms with Crippen molar-refractivity contribution in [1.82, 2.24) is 4.90 Å². The van der Waals surface area contributed by atoms with Gasteiger partial charge in [-0.05, 0) is 19.9 Å². The van der Waals surface area contributed by atoms with Crippen molar-refractivity contribution in [2.75, 3.05) is 40.0 Å². The molecule has 1 saturated heterocycles. The van der Waals surface area contributed by atoms with E-state index in [4.69, 9.17) is 4.74 Å². The first-order valence-electron chi connectivity index (χ1n) is 5.61. The van der Waals surface area contributed by atoms with Crippen LogP contribution in [0.15, 0.2) is 0 Å². The summed E-state index contributed by atoms with van der Waals surface area (Å²) in [5, 5.41) is 18.4. The molecular weight excluding hydrogens is 194 g/mol. The first-order chi connectivity index (χ1) is 7.09. The lowest BCUT2D eigenvalue weighted by Gasteiger charge is -2.31. The van der Waals surface area contributed by atoms with Gasteiger partial charge in [0.25, 0.3) is 0 Å². The quantitative estimate of drug-likeness (QED) is 0.662. The lowest BCUT2D eigenvalue weighted by atomic mass is 9.92. The van der Waals surface area contributed by atoms with Crippen molar-refractivity contribution >= 4 is 0 Å². The molecule has 0 spiro atoms. The summed E-state index contributed by atoms with van der Waals surface area (Å²) in [4.78, 5) is 2.13. The van der Waals surface area contributed by atoms with Crippen molar-refractivity contribution in [2.24, 2.45) is 5.41 Å². The molecule has 0 saturated carbocycles. The van der Waals surface area contributed by atoms with Gasteiger partial charge in [-0.25, -0.2) is 0 Å². The molecule has 0 amide bonds. The summed E-state index contributed by atoms with van der Waals surface area (Å²) in [6.45, 7) is 4.36. The van der Waals surface area contributed by atoms with E-state index in [0.29, 0.717) is 12.6 Å². The Hall–Kier alpha value is -0.160. The van der Waals surface area contributed by atoms with Crippen molar-refractivity contribution in [3.63, 3.8) is 0 Å². The zero-order chi connectivity index (χ0) is 11.3. The van der Waals surface area contributed by atoms with Crippen LogP contribution in [0.4, 0.5) is 0 Å². The third kappa shape index (κ3) is 4.07. The zero-order valence-electron chi connectivity index (χ0n) is 9.78. The Bertz CT molecular complexity index is 177. The predicted molar refractivity (Wildman–Crippen MR) is 58.7 cm³/mol. The van der Waals surface area contributed by atoms with Gasteiger partial charge in [0.05, 0.1) is 19.3 Å². The number of likely N-dealkylation sites (N-methyl/N-ethyl adjacent to an activating group) is 1. The highest BCUT2D eigenvalue weighted by Crippen LogP contribution is 2.18. The second-order valence-corrected chi connectivity index (χ2v) is 4.96. The maximum atomic E-state index is 9.18. The summed E-state index contributed by atoms with van der Waals surface area (Å²) >= 11 is 0. The number of nitrogens with zero attached hydrogens (tertiary/aromatic N) is 1. The summed E-state index contributed by atoms with van der Waals surface area (Å²) in [5.41, 5.74) is -0.409. The molecule has 1 fully saturated rings. The van der Waals surface area contributed by atoms with E-state index < -0.39 is 5.41 Å². The number of rotatable bonds is 6. The fraction of sp³-hybridized carbons (Fsp3) is 1.00. The fourth-order valence-electron chi connectivity index (χ4n) is 2.00. The van der Waals surface area contributed by atoms with E-state index in [0.717, 1.165) is 26.0 Å². The van der Waals surface area contributed by atoms with Crippen molar-refractivity contribution in [2.45, 2.75) is 25.9 Å². The monoisotopic (exact) mass is 217 g/mol. The van der Waals surface area contributed by atoms with Gasteiger partial charge in [0, 0.05) is 25.1 Å². The minimum absolute atomic E-state index is 0.0133. The highest BCUT2D eigenvalue weighted by Gasteiger charge is 2.26. The molecule has 1 unspecified atom stereocenters. The molecule has 1 rings (SSSR count). The molecule has 1 aliphatic rings. The van der Waals surface area contributed by atoms with Gasteiger partial charge in [-0.2, -0.15) is 0 Å². The zero-order valence-corrected chi connectivity index (χ0v) is 9.78. The van der Waals surface area contributed by atoms with Gasteiger partial charge in [0.15, 0.2) is 0 Å². The van der Waals surface area contributed by atoms with Gasteiger partial charge in [0.2, 0.25) is 0 Å². The van der Waals surface area contributed by atoms with E-state index in [1.807, 2.05) is 14.0 Å². The molecule has 15 heavy (non-hydrogen) atoms. The Kier molecular flexibility index (Phi) is 4.99. The fourth-order valence-corrected chi connectivity index (χ4v) is 2.00. The number of ether oxygens (including phenoxy) is 1. The van der Waals surface area contributed by atoms with Crippen LogP contribution in [0.25, 0.3) is 0 Å². The van der Waals surface area contributed by atoms with Crippen molar-refractivity contribution in [3.05, 3.63) is 0 Å². The topological polar surface area (TPSA) is 52.9 Å². The van der Waals surface area contributed by atoms with Gasteiger partial charge < -0.3 is 19.8 Å². The Labute approximate surface area is 91.8 Å². The summed E-state index contributed by atoms with van der Waals surface area (Å²) in [7, 11) is 2.01. The van der Waals surface area contributed by atoms with Gasteiger partial charge >= 0.3 is 0 Å². The van der Waals surface area contributed by atoms with E-state index in [2.05, 4.69) is 4.90 Å². The standard InChI is InChI=1S/C11H23NO3/c1-11(8-13,9-14)7-12(2)6-10-4-3-5-15-10/h10,13-14H,3-9H2,1-2H3. The predicted octanol–water partition coefficient (Wildman–Crippen LogP) is 0.0881. The van der Waals surface area contributed by atoms with Crippen LogP contribution in [0.1, 0.15) is 19.8 Å². The van der Waals surface area contributed by atoms with Crippen LogP contribution in [0.2, 0.25) is 0 Å². The largest absolute Gasteiger partial charge is 0.396 e. The molecule has 1 aliphatic heterocycles. The second-order valence-electron chi connectivity index (χ2n) is 4.96. The SMILES string of the molecule is CN(CC1CCCO1)CC(C)(CO)CO. The smallest absolute Gasteiger partial charge is 0.0702 e. The van der Waals surface area contributed by atoms with Crippen LogP contribution in [-0.4, -0.2) is 61.2 Å². The van der Waals surface area contributed by atoms with Crippen LogP contribution in [0, 0.1) is 5.41 Å². The van der Waals surface area contributed by atoms with Gasteiger partial charge in [-0.15, -0.1) is 0 Å². The van der Waals surface area contributed by atoms with Crippen molar-refractivity contribution in [1.29, 1.82) is 0 Å². The highest BCUT2D eigenvalue weighted by atomic mass is 16.5. The summed E-state index contributed by atoms with van der Waals surface area (Å²) in [6.07, 6.45) is 2.60. The molecule has 0 radical (unpaired) electrons. The Morgan fingerprint density at radius 2 is 2.07 bits per heavy atom. The molecule has 90 valence electrons. The maximum absolute atomic E-state index is 9.18. The molecule has 0 bridgehead atoms. The minimum Gasteiger partial charge on any atom is -0.396 e. The third-order valence-electron chi connectivity index (χ3n) is 2.95. The third-order valence-corrected chi connectivity index (χ3v) is 2.95.